The van der Waals surface area contributed by atoms with E-state index in [1.54, 1.807) is 18.5 Å². The fraction of sp³-hybridized carbons (Fsp3) is 0.300. The Labute approximate surface area is 152 Å². The second kappa shape index (κ2) is 6.62. The minimum atomic E-state index is -0.929. The van der Waals surface area contributed by atoms with Crippen LogP contribution >= 0.6 is 11.6 Å². The maximum absolute atomic E-state index is 12.2. The normalized spacial score (nSPS) is 11.9. The Hall–Kier alpha value is -2.17. The monoisotopic (exact) mass is 356 g/mol. The van der Waals surface area contributed by atoms with Crippen LogP contribution in [0.1, 0.15) is 37.7 Å². The SMILES string of the molecule is CCC(=O)c1nn(CC(C)(C)O)c2cc(-c3ccc(Cl)cc3)ccc12. The number of nitrogens with zero attached hydrogens (tertiary/aromatic N) is 2. The second-order valence-corrected chi connectivity index (χ2v) is 7.27. The molecule has 0 aliphatic rings. The highest BCUT2D eigenvalue weighted by Gasteiger charge is 2.21. The lowest BCUT2D eigenvalue weighted by Gasteiger charge is -2.17. The van der Waals surface area contributed by atoms with Crippen LogP contribution in [0.15, 0.2) is 42.5 Å². The number of benzene rings is 2. The average Bonchev–Trinajstić information content (AvgIpc) is 2.91. The molecule has 0 amide bonds. The van der Waals surface area contributed by atoms with Crippen LogP contribution in [0, 0.1) is 0 Å². The molecular formula is C20H21ClN2O2. The molecule has 3 aromatic rings. The predicted octanol–water partition coefficient (Wildman–Crippen LogP) is 4.72. The van der Waals surface area contributed by atoms with Crippen LogP contribution in [0.5, 0.6) is 0 Å². The van der Waals surface area contributed by atoms with Gasteiger partial charge in [0.2, 0.25) is 0 Å². The fourth-order valence-corrected chi connectivity index (χ4v) is 2.98. The number of aliphatic hydroxyl groups is 1. The summed E-state index contributed by atoms with van der Waals surface area (Å²) in [5, 5.41) is 16.2. The third kappa shape index (κ3) is 3.75. The van der Waals surface area contributed by atoms with Gasteiger partial charge in [-0.1, -0.05) is 36.7 Å². The van der Waals surface area contributed by atoms with E-state index in [1.807, 2.05) is 49.4 Å². The molecule has 1 heterocycles. The molecular weight excluding hydrogens is 336 g/mol. The third-order valence-corrected chi connectivity index (χ3v) is 4.30. The van der Waals surface area contributed by atoms with Crippen LogP contribution in [0.25, 0.3) is 22.0 Å². The van der Waals surface area contributed by atoms with Gasteiger partial charge in [0, 0.05) is 16.8 Å². The summed E-state index contributed by atoms with van der Waals surface area (Å²) in [6.07, 6.45) is 0.396. The van der Waals surface area contributed by atoms with Gasteiger partial charge >= 0.3 is 0 Å². The molecule has 0 unspecified atom stereocenters. The molecule has 0 fully saturated rings. The molecule has 0 saturated carbocycles. The van der Waals surface area contributed by atoms with Crippen LogP contribution in [-0.4, -0.2) is 26.3 Å². The first-order valence-electron chi connectivity index (χ1n) is 8.30. The van der Waals surface area contributed by atoms with Crippen molar-refractivity contribution >= 4 is 28.3 Å². The fourth-order valence-electron chi connectivity index (χ4n) is 2.86. The first-order valence-corrected chi connectivity index (χ1v) is 8.68. The zero-order valence-corrected chi connectivity index (χ0v) is 15.3. The molecule has 25 heavy (non-hydrogen) atoms. The maximum Gasteiger partial charge on any atom is 0.183 e. The number of aromatic nitrogens is 2. The Morgan fingerprint density at radius 1 is 1.16 bits per heavy atom. The van der Waals surface area contributed by atoms with Crippen molar-refractivity contribution < 1.29 is 9.90 Å². The summed E-state index contributed by atoms with van der Waals surface area (Å²) in [5.41, 5.74) is 2.42. The van der Waals surface area contributed by atoms with Crippen molar-refractivity contribution in [3.8, 4) is 11.1 Å². The summed E-state index contributed by atoms with van der Waals surface area (Å²) in [6, 6.07) is 13.5. The minimum Gasteiger partial charge on any atom is -0.389 e. The van der Waals surface area contributed by atoms with Crippen LogP contribution in [-0.2, 0) is 6.54 Å². The molecule has 4 nitrogen and oxygen atoms in total. The number of carbonyl (C=O) groups is 1. The van der Waals surface area contributed by atoms with Gasteiger partial charge in [-0.15, -0.1) is 0 Å². The van der Waals surface area contributed by atoms with Crippen LogP contribution < -0.4 is 0 Å². The summed E-state index contributed by atoms with van der Waals surface area (Å²) >= 11 is 5.97. The Bertz CT molecular complexity index is 921. The summed E-state index contributed by atoms with van der Waals surface area (Å²) in [5.74, 6) is -0.00117. The van der Waals surface area contributed by atoms with Gasteiger partial charge < -0.3 is 5.11 Å². The van der Waals surface area contributed by atoms with Gasteiger partial charge in [0.25, 0.3) is 0 Å². The zero-order valence-electron chi connectivity index (χ0n) is 14.6. The van der Waals surface area contributed by atoms with E-state index in [1.165, 1.54) is 0 Å². The predicted molar refractivity (Wildman–Crippen MR) is 101 cm³/mol. The molecule has 0 aliphatic heterocycles. The number of carbonyl (C=O) groups excluding carboxylic acids is 1. The highest BCUT2D eigenvalue weighted by molar-refractivity contribution is 6.30. The van der Waals surface area contributed by atoms with Crippen LogP contribution in [0.3, 0.4) is 0 Å². The maximum atomic E-state index is 12.2. The lowest BCUT2D eigenvalue weighted by atomic mass is 10.0. The molecule has 0 bridgehead atoms. The second-order valence-electron chi connectivity index (χ2n) is 6.83. The van der Waals surface area contributed by atoms with Gasteiger partial charge in [-0.05, 0) is 49.2 Å². The Morgan fingerprint density at radius 2 is 1.80 bits per heavy atom. The zero-order chi connectivity index (χ0) is 18.2. The summed E-state index contributed by atoms with van der Waals surface area (Å²) in [7, 11) is 0. The van der Waals surface area contributed by atoms with Gasteiger partial charge in [-0.3, -0.25) is 9.48 Å². The Kier molecular flexibility index (Phi) is 4.67. The number of hydrogen-bond acceptors (Lipinski definition) is 3. The highest BCUT2D eigenvalue weighted by Crippen LogP contribution is 2.28. The minimum absolute atomic E-state index is 0.00117. The molecule has 1 N–H and O–H groups in total. The summed E-state index contributed by atoms with van der Waals surface area (Å²) < 4.78 is 1.72. The number of halogens is 1. The van der Waals surface area contributed by atoms with Gasteiger partial charge in [0.05, 0.1) is 17.7 Å². The number of ketones is 1. The van der Waals surface area contributed by atoms with E-state index < -0.39 is 5.60 Å². The van der Waals surface area contributed by atoms with Crippen molar-refractivity contribution in [3.63, 3.8) is 0 Å². The van der Waals surface area contributed by atoms with Crippen molar-refractivity contribution in [1.82, 2.24) is 9.78 Å². The lowest BCUT2D eigenvalue weighted by molar-refractivity contribution is 0.0588. The molecule has 1 aromatic heterocycles. The summed E-state index contributed by atoms with van der Waals surface area (Å²) in [4.78, 5) is 12.2. The molecule has 3 rings (SSSR count). The standard InChI is InChI=1S/C20H21ClN2O2/c1-4-18(24)19-16-10-7-14(13-5-8-15(21)9-6-13)11-17(16)23(22-19)12-20(2,3)25/h5-11,25H,4,12H2,1-3H3. The average molecular weight is 357 g/mol. The Morgan fingerprint density at radius 3 is 2.40 bits per heavy atom. The van der Waals surface area contributed by atoms with Gasteiger partial charge in [0.1, 0.15) is 5.69 Å². The smallest absolute Gasteiger partial charge is 0.183 e. The van der Waals surface area contributed by atoms with E-state index in [2.05, 4.69) is 5.10 Å². The number of hydrogen-bond donors (Lipinski definition) is 1. The van der Waals surface area contributed by atoms with Gasteiger partial charge in [-0.2, -0.15) is 5.10 Å². The molecule has 130 valence electrons. The largest absolute Gasteiger partial charge is 0.389 e. The van der Waals surface area contributed by atoms with Gasteiger partial charge in [0.15, 0.2) is 5.78 Å². The highest BCUT2D eigenvalue weighted by atomic mass is 35.5. The topological polar surface area (TPSA) is 55.1 Å². The molecule has 0 spiro atoms. The van der Waals surface area contributed by atoms with E-state index in [9.17, 15) is 9.90 Å². The van der Waals surface area contributed by atoms with E-state index in [0.717, 1.165) is 22.0 Å². The van der Waals surface area contributed by atoms with E-state index in [-0.39, 0.29) is 5.78 Å². The molecule has 5 heteroatoms. The van der Waals surface area contributed by atoms with E-state index >= 15 is 0 Å². The molecule has 2 aromatic carbocycles. The molecule has 0 atom stereocenters. The quantitative estimate of drug-likeness (QED) is 0.673. The van der Waals surface area contributed by atoms with Gasteiger partial charge in [-0.25, -0.2) is 0 Å². The first kappa shape index (κ1) is 17.6. The molecule has 0 radical (unpaired) electrons. The first-order chi connectivity index (χ1) is 11.8. The number of Topliss-reactive ketones (excluding diaryl/α,β-unsaturated/α-hetero) is 1. The third-order valence-electron chi connectivity index (χ3n) is 4.05. The molecule has 0 saturated heterocycles. The van der Waals surface area contributed by atoms with Crippen molar-refractivity contribution in [2.75, 3.05) is 0 Å². The molecule has 0 aliphatic carbocycles. The van der Waals surface area contributed by atoms with Crippen molar-refractivity contribution in [2.45, 2.75) is 39.3 Å². The van der Waals surface area contributed by atoms with E-state index in [4.69, 9.17) is 11.6 Å². The Balaban J connectivity index is 2.17. The van der Waals surface area contributed by atoms with Crippen molar-refractivity contribution in [3.05, 3.63) is 53.2 Å². The van der Waals surface area contributed by atoms with Crippen LogP contribution in [0.2, 0.25) is 5.02 Å². The van der Waals surface area contributed by atoms with Crippen LogP contribution in [0.4, 0.5) is 0 Å². The van der Waals surface area contributed by atoms with E-state index in [0.29, 0.717) is 23.7 Å². The summed E-state index contributed by atoms with van der Waals surface area (Å²) in [6.45, 7) is 5.59. The van der Waals surface area contributed by atoms with Crippen molar-refractivity contribution in [1.29, 1.82) is 0 Å². The lowest BCUT2D eigenvalue weighted by Crippen LogP contribution is -2.26. The number of fused-ring (bicyclic) bond motifs is 1. The van der Waals surface area contributed by atoms with Crippen molar-refractivity contribution in [2.24, 2.45) is 0 Å². The number of rotatable bonds is 5.